The number of halogens is 1. The first kappa shape index (κ1) is 10.6. The van der Waals surface area contributed by atoms with Gasteiger partial charge < -0.3 is 5.11 Å². The quantitative estimate of drug-likeness (QED) is 0.773. The number of ketones is 1. The fourth-order valence-electron chi connectivity index (χ4n) is 3.62. The Kier molecular flexibility index (Phi) is 2.31. The van der Waals surface area contributed by atoms with Gasteiger partial charge in [-0.15, -0.1) is 0 Å². The molecule has 3 heteroatoms. The maximum absolute atomic E-state index is 12.0. The van der Waals surface area contributed by atoms with Gasteiger partial charge in [0, 0.05) is 11.8 Å². The summed E-state index contributed by atoms with van der Waals surface area (Å²) >= 11 is 3.30. The van der Waals surface area contributed by atoms with Crippen LogP contribution in [0.5, 0.6) is 0 Å². The van der Waals surface area contributed by atoms with Crippen LogP contribution in [0.25, 0.3) is 0 Å². The summed E-state index contributed by atoms with van der Waals surface area (Å²) in [6.07, 6.45) is 2.13. The maximum atomic E-state index is 12.0. The van der Waals surface area contributed by atoms with Crippen molar-refractivity contribution in [3.05, 3.63) is 0 Å². The van der Waals surface area contributed by atoms with Crippen molar-refractivity contribution < 1.29 is 9.90 Å². The molecule has 2 aliphatic rings. The fourth-order valence-corrected chi connectivity index (χ4v) is 4.18. The van der Waals surface area contributed by atoms with Crippen molar-refractivity contribution in [2.24, 2.45) is 16.7 Å². The number of hydrogen-bond acceptors (Lipinski definition) is 2. The number of aliphatic hydroxyl groups is 1. The van der Waals surface area contributed by atoms with Crippen molar-refractivity contribution in [3.8, 4) is 0 Å². The Bertz CT molecular complexity index is 274. The molecule has 2 aliphatic carbocycles. The Labute approximate surface area is 93.2 Å². The number of fused-ring (bicyclic) bond motifs is 2. The van der Waals surface area contributed by atoms with Crippen molar-refractivity contribution in [3.63, 3.8) is 0 Å². The second kappa shape index (κ2) is 3.05. The molecular weight excluding hydrogens is 244 g/mol. The van der Waals surface area contributed by atoms with Gasteiger partial charge in [0.2, 0.25) is 0 Å². The molecule has 0 saturated heterocycles. The zero-order valence-electron chi connectivity index (χ0n) is 8.72. The molecule has 1 N–H and O–H groups in total. The van der Waals surface area contributed by atoms with E-state index < -0.39 is 11.5 Å². The molecule has 2 nitrogen and oxygen atoms in total. The van der Waals surface area contributed by atoms with E-state index in [1.54, 1.807) is 0 Å². The Morgan fingerprint density at radius 3 is 2.64 bits per heavy atom. The third-order valence-corrected chi connectivity index (χ3v) is 5.32. The first-order valence-electron chi connectivity index (χ1n) is 5.24. The van der Waals surface area contributed by atoms with Crippen molar-refractivity contribution >= 4 is 21.7 Å². The number of rotatable bonds is 2. The Hall–Kier alpha value is 0.110. The van der Waals surface area contributed by atoms with Gasteiger partial charge in [0.1, 0.15) is 5.78 Å². The van der Waals surface area contributed by atoms with Crippen LogP contribution in [0.2, 0.25) is 0 Å². The molecule has 0 aromatic heterocycles. The van der Waals surface area contributed by atoms with Crippen LogP contribution in [0.15, 0.2) is 0 Å². The lowest BCUT2D eigenvalue weighted by atomic mass is 9.66. The topological polar surface area (TPSA) is 37.3 Å². The van der Waals surface area contributed by atoms with E-state index in [4.69, 9.17) is 0 Å². The van der Waals surface area contributed by atoms with Gasteiger partial charge in [0.05, 0.1) is 11.5 Å². The Morgan fingerprint density at radius 2 is 2.29 bits per heavy atom. The largest absolute Gasteiger partial charge is 0.391 e. The van der Waals surface area contributed by atoms with E-state index in [1.165, 1.54) is 0 Å². The molecule has 0 aromatic rings. The van der Waals surface area contributed by atoms with Crippen LogP contribution >= 0.6 is 15.9 Å². The number of hydrogen-bond donors (Lipinski definition) is 1. The number of Topliss-reactive ketones (excluding diaryl/α,β-unsaturated/α-hetero) is 1. The smallest absolute Gasteiger partial charge is 0.142 e. The van der Waals surface area contributed by atoms with Gasteiger partial charge in [-0.1, -0.05) is 29.8 Å². The van der Waals surface area contributed by atoms with E-state index in [0.717, 1.165) is 12.8 Å². The normalized spacial score (nSPS) is 41.7. The van der Waals surface area contributed by atoms with Crippen LogP contribution in [0.3, 0.4) is 0 Å². The van der Waals surface area contributed by atoms with Crippen LogP contribution in [-0.2, 0) is 4.79 Å². The van der Waals surface area contributed by atoms with E-state index in [0.29, 0.717) is 17.7 Å². The van der Waals surface area contributed by atoms with Crippen molar-refractivity contribution in [2.75, 3.05) is 5.33 Å². The van der Waals surface area contributed by atoms with Gasteiger partial charge in [0.15, 0.2) is 0 Å². The summed E-state index contributed by atoms with van der Waals surface area (Å²) in [5.74, 6) is 0.773. The molecule has 3 atom stereocenters. The molecule has 2 rings (SSSR count). The van der Waals surface area contributed by atoms with Crippen LogP contribution in [0.4, 0.5) is 0 Å². The van der Waals surface area contributed by atoms with Crippen molar-refractivity contribution in [1.82, 2.24) is 0 Å². The number of carbonyl (C=O) groups excluding carboxylic acids is 1. The van der Waals surface area contributed by atoms with Crippen LogP contribution in [0, 0.1) is 16.7 Å². The van der Waals surface area contributed by atoms with Crippen LogP contribution < -0.4 is 0 Å². The second-order valence-electron chi connectivity index (χ2n) is 5.23. The third-order valence-electron chi connectivity index (χ3n) is 4.70. The highest BCUT2D eigenvalue weighted by Gasteiger charge is 2.66. The Balaban J connectivity index is 2.44. The van der Waals surface area contributed by atoms with E-state index in [-0.39, 0.29) is 11.2 Å². The highest BCUT2D eigenvalue weighted by atomic mass is 79.9. The molecule has 2 fully saturated rings. The summed E-state index contributed by atoms with van der Waals surface area (Å²) in [4.78, 5) is 12.0. The maximum Gasteiger partial charge on any atom is 0.142 e. The highest BCUT2D eigenvalue weighted by Crippen LogP contribution is 2.65. The summed E-state index contributed by atoms with van der Waals surface area (Å²) in [7, 11) is 0. The van der Waals surface area contributed by atoms with Crippen LogP contribution in [0.1, 0.15) is 33.1 Å². The van der Waals surface area contributed by atoms with Gasteiger partial charge in [-0.3, -0.25) is 4.79 Å². The van der Waals surface area contributed by atoms with Crippen molar-refractivity contribution in [2.45, 2.75) is 39.2 Å². The van der Waals surface area contributed by atoms with Crippen LogP contribution in [-0.4, -0.2) is 22.3 Å². The average Bonchev–Trinajstić information content (AvgIpc) is 2.49. The second-order valence-corrected chi connectivity index (χ2v) is 5.87. The van der Waals surface area contributed by atoms with E-state index >= 15 is 0 Å². The van der Waals surface area contributed by atoms with Gasteiger partial charge in [-0.05, 0) is 24.2 Å². The lowest BCUT2D eigenvalue weighted by molar-refractivity contribution is -0.137. The minimum Gasteiger partial charge on any atom is -0.391 e. The zero-order valence-corrected chi connectivity index (χ0v) is 10.3. The predicted octanol–water partition coefficient (Wildman–Crippen LogP) is 2.14. The predicted molar refractivity (Wildman–Crippen MR) is 58.4 cm³/mol. The molecular formula is C11H17BrO2. The monoisotopic (exact) mass is 260 g/mol. The first-order valence-corrected chi connectivity index (χ1v) is 6.36. The average molecular weight is 261 g/mol. The molecule has 14 heavy (non-hydrogen) atoms. The lowest BCUT2D eigenvalue weighted by Gasteiger charge is -2.39. The number of carbonyl (C=O) groups is 1. The van der Waals surface area contributed by atoms with Gasteiger partial charge in [-0.2, -0.15) is 0 Å². The highest BCUT2D eigenvalue weighted by molar-refractivity contribution is 9.09. The number of aliphatic hydroxyl groups excluding tert-OH is 1. The SMILES string of the molecule is CC1(C)[C@@H]2CC[C@]1([C@@H](O)CBr)C(=O)C2. The summed E-state index contributed by atoms with van der Waals surface area (Å²) in [6.45, 7) is 4.28. The van der Waals surface area contributed by atoms with E-state index in [2.05, 4.69) is 29.8 Å². The molecule has 0 aromatic carbocycles. The zero-order chi connectivity index (χ0) is 10.6. The Morgan fingerprint density at radius 1 is 1.64 bits per heavy atom. The third kappa shape index (κ3) is 0.977. The molecule has 2 bridgehead atoms. The minimum absolute atomic E-state index is 0.0166. The standard InChI is InChI=1S/C11H17BrO2/c1-10(2)7-3-4-11(10,8(13)5-7)9(14)6-12/h7,9,14H,3-6H2,1-2H3/t7-,9+,11-/m1/s1. The van der Waals surface area contributed by atoms with Gasteiger partial charge >= 0.3 is 0 Å². The van der Waals surface area contributed by atoms with Gasteiger partial charge in [-0.25, -0.2) is 0 Å². The summed E-state index contributed by atoms with van der Waals surface area (Å²) in [6, 6.07) is 0. The molecule has 0 spiro atoms. The van der Waals surface area contributed by atoms with E-state index in [1.807, 2.05) is 0 Å². The minimum atomic E-state index is -0.516. The molecule has 0 heterocycles. The molecule has 0 amide bonds. The lowest BCUT2D eigenvalue weighted by Crippen LogP contribution is -2.47. The molecule has 2 saturated carbocycles. The fraction of sp³-hybridized carbons (Fsp3) is 0.909. The van der Waals surface area contributed by atoms with Crippen molar-refractivity contribution in [1.29, 1.82) is 0 Å². The summed E-state index contributed by atoms with van der Waals surface area (Å²) in [5, 5.41) is 10.6. The molecule has 80 valence electrons. The number of alkyl halides is 1. The van der Waals surface area contributed by atoms with Gasteiger partial charge in [0.25, 0.3) is 0 Å². The van der Waals surface area contributed by atoms with E-state index in [9.17, 15) is 9.90 Å². The molecule has 0 aliphatic heterocycles. The first-order chi connectivity index (χ1) is 6.46. The molecule has 0 radical (unpaired) electrons. The summed E-state index contributed by atoms with van der Waals surface area (Å²) < 4.78 is 0. The summed E-state index contributed by atoms with van der Waals surface area (Å²) in [5.41, 5.74) is -0.474. The molecule has 0 unspecified atom stereocenters.